The molecule has 2 rings (SSSR count). The van der Waals surface area contributed by atoms with Crippen LogP contribution >= 0.6 is 0 Å². The molecule has 1 aromatic carbocycles. The Morgan fingerprint density at radius 2 is 1.92 bits per heavy atom. The molecule has 0 radical (unpaired) electrons. The Bertz CT molecular complexity index is 349. The summed E-state index contributed by atoms with van der Waals surface area (Å²) in [7, 11) is 0. The molecule has 70 valence electrons. The summed E-state index contributed by atoms with van der Waals surface area (Å²) in [6, 6.07) is 1.06. The monoisotopic (exact) mass is 187 g/mol. The fourth-order valence-corrected chi connectivity index (χ4v) is 1.52. The first-order valence-corrected chi connectivity index (χ1v) is 4.10. The molecule has 13 heavy (non-hydrogen) atoms. The van der Waals surface area contributed by atoms with Gasteiger partial charge in [-0.1, -0.05) is 0 Å². The highest BCUT2D eigenvalue weighted by molar-refractivity contribution is 5.54. The van der Waals surface area contributed by atoms with E-state index in [1.807, 2.05) is 0 Å². The van der Waals surface area contributed by atoms with E-state index in [-0.39, 0.29) is 5.69 Å². The number of nitrogens with one attached hydrogen (secondary N) is 1. The molecule has 0 amide bonds. The van der Waals surface area contributed by atoms with Crippen LogP contribution < -0.4 is 5.32 Å². The molecule has 0 saturated heterocycles. The van der Waals surface area contributed by atoms with Crippen molar-refractivity contribution in [1.29, 1.82) is 0 Å². The highest BCUT2D eigenvalue weighted by Gasteiger charge is 2.20. The Labute approximate surface area is 73.6 Å². The zero-order valence-corrected chi connectivity index (χ0v) is 6.83. The maximum atomic E-state index is 13.1. The van der Waals surface area contributed by atoms with E-state index >= 15 is 0 Å². The Morgan fingerprint density at radius 3 is 2.69 bits per heavy atom. The van der Waals surface area contributed by atoms with Gasteiger partial charge in [0.1, 0.15) is 0 Å². The van der Waals surface area contributed by atoms with Crippen molar-refractivity contribution in [1.82, 2.24) is 0 Å². The van der Waals surface area contributed by atoms with E-state index in [0.29, 0.717) is 18.5 Å². The fraction of sp³-hybridized carbons (Fsp3) is 0.333. The summed E-state index contributed by atoms with van der Waals surface area (Å²) >= 11 is 0. The molecular formula is C9H8F3N. The molecule has 0 atom stereocenters. The Kier molecular flexibility index (Phi) is 1.90. The van der Waals surface area contributed by atoms with Crippen LogP contribution in [0.25, 0.3) is 0 Å². The van der Waals surface area contributed by atoms with Gasteiger partial charge in [-0.25, -0.2) is 13.2 Å². The number of hydrogen-bond acceptors (Lipinski definition) is 1. The van der Waals surface area contributed by atoms with Gasteiger partial charge in [0.05, 0.1) is 5.69 Å². The second-order valence-corrected chi connectivity index (χ2v) is 3.05. The van der Waals surface area contributed by atoms with Crippen LogP contribution in [-0.4, -0.2) is 6.54 Å². The van der Waals surface area contributed by atoms with Gasteiger partial charge >= 0.3 is 0 Å². The van der Waals surface area contributed by atoms with Gasteiger partial charge in [-0.3, -0.25) is 0 Å². The molecule has 4 heteroatoms. The van der Waals surface area contributed by atoms with Crippen molar-refractivity contribution >= 4 is 5.69 Å². The third-order valence-corrected chi connectivity index (χ3v) is 2.17. The van der Waals surface area contributed by atoms with E-state index in [1.54, 1.807) is 0 Å². The Morgan fingerprint density at radius 1 is 1.15 bits per heavy atom. The number of aryl methyl sites for hydroxylation is 1. The minimum absolute atomic E-state index is 0.116. The molecular weight excluding hydrogens is 179 g/mol. The maximum absolute atomic E-state index is 13.1. The van der Waals surface area contributed by atoms with Crippen LogP contribution in [0.15, 0.2) is 6.07 Å². The first kappa shape index (κ1) is 8.41. The summed E-state index contributed by atoms with van der Waals surface area (Å²) in [5, 5.41) is 2.72. The lowest BCUT2D eigenvalue weighted by Gasteiger charge is -2.18. The smallest absolute Gasteiger partial charge is 0.196 e. The van der Waals surface area contributed by atoms with Crippen molar-refractivity contribution in [3.05, 3.63) is 29.1 Å². The zero-order chi connectivity index (χ0) is 9.42. The summed E-state index contributed by atoms with van der Waals surface area (Å²) in [5.74, 6) is -3.61. The molecule has 1 N–H and O–H groups in total. The van der Waals surface area contributed by atoms with Gasteiger partial charge in [-0.05, 0) is 24.5 Å². The first-order chi connectivity index (χ1) is 6.20. The van der Waals surface area contributed by atoms with Crippen molar-refractivity contribution in [3.8, 4) is 0 Å². The SMILES string of the molecule is Fc1cc2c(c(F)c1F)NCCC2. The van der Waals surface area contributed by atoms with Crippen LogP contribution in [0.3, 0.4) is 0 Å². The molecule has 0 aromatic heterocycles. The molecule has 1 aliphatic heterocycles. The summed E-state index contributed by atoms with van der Waals surface area (Å²) < 4.78 is 38.5. The van der Waals surface area contributed by atoms with Gasteiger partial charge in [-0.15, -0.1) is 0 Å². The van der Waals surface area contributed by atoms with Crippen LogP contribution in [0.5, 0.6) is 0 Å². The summed E-state index contributed by atoms with van der Waals surface area (Å²) in [6.07, 6.45) is 1.41. The van der Waals surface area contributed by atoms with E-state index in [9.17, 15) is 13.2 Å². The number of fused-ring (bicyclic) bond motifs is 1. The van der Waals surface area contributed by atoms with Crippen LogP contribution in [0.2, 0.25) is 0 Å². The van der Waals surface area contributed by atoms with Gasteiger partial charge in [0.2, 0.25) is 0 Å². The summed E-state index contributed by atoms with van der Waals surface area (Å²) in [5.41, 5.74) is 0.632. The van der Waals surface area contributed by atoms with Crippen LogP contribution in [-0.2, 0) is 6.42 Å². The molecule has 0 bridgehead atoms. The molecule has 0 spiro atoms. The van der Waals surface area contributed by atoms with Crippen molar-refractivity contribution in [2.24, 2.45) is 0 Å². The van der Waals surface area contributed by atoms with Crippen LogP contribution in [0, 0.1) is 17.5 Å². The average Bonchev–Trinajstić information content (AvgIpc) is 2.15. The third kappa shape index (κ3) is 1.26. The van der Waals surface area contributed by atoms with E-state index < -0.39 is 17.5 Å². The molecule has 1 aliphatic rings. The maximum Gasteiger partial charge on any atom is 0.196 e. The summed E-state index contributed by atoms with van der Waals surface area (Å²) in [6.45, 7) is 0.606. The highest BCUT2D eigenvalue weighted by atomic mass is 19.2. The molecule has 0 saturated carbocycles. The van der Waals surface area contributed by atoms with Gasteiger partial charge in [0.15, 0.2) is 17.5 Å². The lowest BCUT2D eigenvalue weighted by Crippen LogP contribution is -2.15. The molecule has 1 heterocycles. The zero-order valence-electron chi connectivity index (χ0n) is 6.83. The topological polar surface area (TPSA) is 12.0 Å². The van der Waals surface area contributed by atoms with Gasteiger partial charge in [-0.2, -0.15) is 0 Å². The number of benzene rings is 1. The van der Waals surface area contributed by atoms with Crippen molar-refractivity contribution in [2.45, 2.75) is 12.8 Å². The van der Waals surface area contributed by atoms with E-state index in [4.69, 9.17) is 0 Å². The van der Waals surface area contributed by atoms with Gasteiger partial charge in [0.25, 0.3) is 0 Å². The number of rotatable bonds is 0. The third-order valence-electron chi connectivity index (χ3n) is 2.17. The average molecular weight is 187 g/mol. The Hall–Kier alpha value is -1.19. The number of hydrogen-bond donors (Lipinski definition) is 1. The van der Waals surface area contributed by atoms with Crippen LogP contribution in [0.4, 0.5) is 18.9 Å². The normalized spacial score (nSPS) is 15.0. The van der Waals surface area contributed by atoms with Crippen molar-refractivity contribution in [2.75, 3.05) is 11.9 Å². The summed E-state index contributed by atoms with van der Waals surface area (Å²) in [4.78, 5) is 0. The van der Waals surface area contributed by atoms with Crippen molar-refractivity contribution in [3.63, 3.8) is 0 Å². The molecule has 0 aliphatic carbocycles. The van der Waals surface area contributed by atoms with Crippen LogP contribution in [0.1, 0.15) is 12.0 Å². The van der Waals surface area contributed by atoms with E-state index in [0.717, 1.165) is 12.5 Å². The molecule has 0 unspecified atom stereocenters. The Balaban J connectivity index is 2.60. The second kappa shape index (κ2) is 2.94. The number of halogens is 3. The van der Waals surface area contributed by atoms with E-state index in [2.05, 4.69) is 5.32 Å². The van der Waals surface area contributed by atoms with Crippen molar-refractivity contribution < 1.29 is 13.2 Å². The second-order valence-electron chi connectivity index (χ2n) is 3.05. The first-order valence-electron chi connectivity index (χ1n) is 4.10. The molecule has 0 fully saturated rings. The lowest BCUT2D eigenvalue weighted by atomic mass is 10.0. The minimum Gasteiger partial charge on any atom is -0.382 e. The number of anilines is 1. The minimum atomic E-state index is -1.40. The van der Waals surface area contributed by atoms with Gasteiger partial charge < -0.3 is 5.32 Å². The predicted octanol–water partition coefficient (Wildman–Crippen LogP) is 2.46. The standard InChI is InChI=1S/C9H8F3N/c10-6-4-5-2-1-3-13-9(5)8(12)7(6)11/h4,13H,1-3H2. The lowest BCUT2D eigenvalue weighted by molar-refractivity contribution is 0.445. The molecule has 1 nitrogen and oxygen atoms in total. The van der Waals surface area contributed by atoms with Gasteiger partial charge in [0, 0.05) is 6.54 Å². The highest BCUT2D eigenvalue weighted by Crippen LogP contribution is 2.28. The largest absolute Gasteiger partial charge is 0.382 e. The molecule has 1 aromatic rings. The van der Waals surface area contributed by atoms with E-state index in [1.165, 1.54) is 0 Å². The predicted molar refractivity (Wildman–Crippen MR) is 43.1 cm³/mol. The fourth-order valence-electron chi connectivity index (χ4n) is 1.52. The quantitative estimate of drug-likeness (QED) is 0.615.